The molecule has 0 radical (unpaired) electrons. The van der Waals surface area contributed by atoms with E-state index >= 15 is 0 Å². The first-order chi connectivity index (χ1) is 24.7. The molecule has 1 aliphatic carbocycles. The van der Waals surface area contributed by atoms with Crippen LogP contribution in [0.5, 0.6) is 0 Å². The van der Waals surface area contributed by atoms with Crippen LogP contribution in [-0.4, -0.2) is 65.4 Å². The number of nitrogens with two attached hydrogens (primary N) is 1. The van der Waals surface area contributed by atoms with Gasteiger partial charge in [0.1, 0.15) is 20.4 Å². The van der Waals surface area contributed by atoms with Crippen LogP contribution in [0.4, 0.5) is 34.1 Å². The summed E-state index contributed by atoms with van der Waals surface area (Å²) in [5.41, 5.74) is 2.24. The molecule has 6 rings (SSSR count). The molecule has 272 valence electrons. The third-order valence-corrected chi connectivity index (χ3v) is 10.3. The second-order valence-electron chi connectivity index (χ2n) is 10.7. The van der Waals surface area contributed by atoms with Gasteiger partial charge < -0.3 is 11.1 Å². The van der Waals surface area contributed by atoms with Gasteiger partial charge in [0.25, 0.3) is 30.4 Å². The Labute approximate surface area is 307 Å². The average Bonchev–Trinajstić information content (AvgIpc) is 3.05. The van der Waals surface area contributed by atoms with Crippen LogP contribution in [0.3, 0.4) is 0 Å². The molecular weight excluding hydrogens is 803 g/mol. The Morgan fingerprint density at radius 2 is 1.34 bits per heavy atom. The lowest BCUT2D eigenvalue weighted by Crippen LogP contribution is -2.27. The number of halogens is 2. The van der Waals surface area contributed by atoms with Crippen molar-refractivity contribution < 1.29 is 48.5 Å². The molecule has 0 amide bonds. The Hall–Kier alpha value is -5.46. The third kappa shape index (κ3) is 7.56. The molecule has 0 fully saturated rings. The van der Waals surface area contributed by atoms with Crippen LogP contribution in [0.2, 0.25) is 10.6 Å². The van der Waals surface area contributed by atoms with Crippen LogP contribution in [-0.2, 0) is 30.4 Å². The van der Waals surface area contributed by atoms with Crippen molar-refractivity contribution in [3.63, 3.8) is 0 Å². The summed E-state index contributed by atoms with van der Waals surface area (Å²) in [6.07, 6.45) is 0. The molecule has 1 aliphatic rings. The predicted octanol–water partition coefficient (Wildman–Crippen LogP) is 4.60. The van der Waals surface area contributed by atoms with E-state index in [0.717, 1.165) is 30.3 Å². The zero-order valence-electron chi connectivity index (χ0n) is 25.8. The van der Waals surface area contributed by atoms with E-state index in [-0.39, 0.29) is 38.9 Å². The molecule has 0 saturated carbocycles. The highest BCUT2D eigenvalue weighted by Gasteiger charge is 2.39. The minimum Gasteiger partial charge on any atom is -0.397 e. The number of nitrogen functional groups attached to an aromatic ring is 1. The van der Waals surface area contributed by atoms with Gasteiger partial charge in [-0.1, -0.05) is 12.1 Å². The number of hydrogen-bond donors (Lipinski definition) is 6. The highest BCUT2D eigenvalue weighted by atomic mass is 35.5. The molecule has 19 nitrogen and oxygen atoms in total. The Kier molecular flexibility index (Phi) is 9.50. The first-order valence-corrected chi connectivity index (χ1v) is 19.2. The molecule has 5 aromatic rings. The van der Waals surface area contributed by atoms with Gasteiger partial charge in [-0.3, -0.25) is 28.2 Å². The number of azo groups is 1. The number of nitrogens with zero attached hydrogens (tertiary/aromatic N) is 5. The monoisotopic (exact) mass is 820 g/mol. The summed E-state index contributed by atoms with van der Waals surface area (Å²) in [5, 5.41) is 10.2. The molecular formula is C29H18Cl2N8O11S3. The zero-order chi connectivity index (χ0) is 38.6. The number of fused-ring (bicyclic) bond motifs is 2. The van der Waals surface area contributed by atoms with E-state index in [2.05, 4.69) is 35.5 Å². The molecule has 0 spiro atoms. The summed E-state index contributed by atoms with van der Waals surface area (Å²) >= 11 is 11.5. The number of ketones is 2. The van der Waals surface area contributed by atoms with Crippen molar-refractivity contribution in [1.29, 1.82) is 0 Å². The maximum absolute atomic E-state index is 13.8. The van der Waals surface area contributed by atoms with Crippen molar-refractivity contribution in [2.75, 3.05) is 11.1 Å². The molecule has 0 bridgehead atoms. The van der Waals surface area contributed by atoms with Gasteiger partial charge in [0, 0.05) is 11.3 Å². The summed E-state index contributed by atoms with van der Waals surface area (Å²) in [6.45, 7) is 0. The Balaban J connectivity index is 1.36. The van der Waals surface area contributed by atoms with E-state index in [1.54, 1.807) is 0 Å². The van der Waals surface area contributed by atoms with Crippen molar-refractivity contribution in [3.8, 4) is 0 Å². The molecule has 24 heteroatoms. The summed E-state index contributed by atoms with van der Waals surface area (Å²) < 4.78 is 103. The van der Waals surface area contributed by atoms with Crippen LogP contribution in [0, 0.1) is 0 Å². The fraction of sp³-hybridized carbons (Fsp3) is 0. The summed E-state index contributed by atoms with van der Waals surface area (Å²) in [6, 6.07) is 12.7. The lowest BCUT2D eigenvalue weighted by Gasteiger charge is -2.24. The lowest BCUT2D eigenvalue weighted by atomic mass is 9.82. The molecule has 0 atom stereocenters. The maximum Gasteiger partial charge on any atom is 0.296 e. The van der Waals surface area contributed by atoms with E-state index in [1.807, 2.05) is 0 Å². The second kappa shape index (κ2) is 13.5. The summed E-state index contributed by atoms with van der Waals surface area (Å²) in [5.74, 6) is -2.17. The quantitative estimate of drug-likeness (QED) is 0.0694. The van der Waals surface area contributed by atoms with Gasteiger partial charge in [-0.25, -0.2) is 4.99 Å². The Morgan fingerprint density at radius 1 is 0.698 bits per heavy atom. The normalized spacial score (nSPS) is 13.6. The number of hydrogen-bond acceptors (Lipinski definition) is 15. The molecule has 7 N–H and O–H groups in total. The molecule has 0 aliphatic heterocycles. The number of carbonyl (C=O) groups is 2. The summed E-state index contributed by atoms with van der Waals surface area (Å²) in [7, 11) is -15.0. The SMILES string of the molecule is Nc1c(S(=O)(=O)O)cc(Nc2ccc(N=Nc3ccc(N=c4nc(Cl)nc(Cl)[nH]4)cc3S(=O)(=O)O)cc2)c2c1C(=O)c1cccc(S(=O)(=O)O)c1C2=O. The van der Waals surface area contributed by atoms with Gasteiger partial charge in [0.2, 0.25) is 16.2 Å². The van der Waals surface area contributed by atoms with Gasteiger partial charge in [0.15, 0.2) is 11.6 Å². The number of aromatic nitrogens is 3. The predicted molar refractivity (Wildman–Crippen MR) is 186 cm³/mol. The number of nitrogens with one attached hydrogen (secondary N) is 2. The van der Waals surface area contributed by atoms with Crippen molar-refractivity contribution >= 4 is 99.2 Å². The fourth-order valence-corrected chi connectivity index (χ4v) is 7.52. The van der Waals surface area contributed by atoms with Gasteiger partial charge >= 0.3 is 0 Å². The van der Waals surface area contributed by atoms with Crippen LogP contribution in [0.15, 0.2) is 96.6 Å². The maximum atomic E-state index is 13.8. The summed E-state index contributed by atoms with van der Waals surface area (Å²) in [4.78, 5) is 38.9. The van der Waals surface area contributed by atoms with Crippen LogP contribution < -0.4 is 16.7 Å². The zero-order valence-corrected chi connectivity index (χ0v) is 29.7. The van der Waals surface area contributed by atoms with E-state index in [9.17, 15) is 48.5 Å². The highest BCUT2D eigenvalue weighted by molar-refractivity contribution is 7.86. The Morgan fingerprint density at radius 3 is 1.96 bits per heavy atom. The van der Waals surface area contributed by atoms with Gasteiger partial charge in [-0.2, -0.15) is 40.3 Å². The number of H-pyrrole nitrogens is 1. The number of aromatic amines is 1. The topological polar surface area (TPSA) is 314 Å². The molecule has 0 unspecified atom stereocenters. The molecule has 0 saturated heterocycles. The second-order valence-corrected chi connectivity index (χ2v) is 15.6. The van der Waals surface area contributed by atoms with E-state index in [4.69, 9.17) is 28.9 Å². The van der Waals surface area contributed by atoms with Crippen molar-refractivity contribution in [2.24, 2.45) is 15.2 Å². The van der Waals surface area contributed by atoms with Crippen molar-refractivity contribution in [1.82, 2.24) is 15.0 Å². The van der Waals surface area contributed by atoms with Gasteiger partial charge in [0.05, 0.1) is 39.4 Å². The number of rotatable bonds is 8. The van der Waals surface area contributed by atoms with Crippen LogP contribution in [0.1, 0.15) is 31.8 Å². The minimum absolute atomic E-state index is 0.00558. The van der Waals surface area contributed by atoms with Gasteiger partial charge in [-0.15, -0.1) is 5.11 Å². The van der Waals surface area contributed by atoms with Crippen LogP contribution in [0.25, 0.3) is 0 Å². The van der Waals surface area contributed by atoms with E-state index in [0.29, 0.717) is 0 Å². The average molecular weight is 822 g/mol. The number of anilines is 3. The third-order valence-electron chi connectivity index (χ3n) is 7.32. The van der Waals surface area contributed by atoms with Gasteiger partial charge in [-0.05, 0) is 77.8 Å². The number of benzene rings is 4. The number of carbonyl (C=O) groups excluding carboxylic acids is 2. The minimum atomic E-state index is -5.08. The highest BCUT2D eigenvalue weighted by Crippen LogP contribution is 2.42. The van der Waals surface area contributed by atoms with Crippen molar-refractivity contribution in [2.45, 2.75) is 14.7 Å². The first-order valence-electron chi connectivity index (χ1n) is 14.1. The van der Waals surface area contributed by atoms with Crippen molar-refractivity contribution in [3.05, 3.63) is 105 Å². The lowest BCUT2D eigenvalue weighted by molar-refractivity contribution is 0.0977. The standard InChI is InChI=1S/C29H18Cl2N8O11S3/c30-27-35-28(31)37-29(36-27)34-14-8-9-16(19(10-14)52(45,46)47)39-38-13-6-4-12(5-7-13)33-17-11-20(53(48,49)50)24(32)23-22(17)26(41)21-15(25(23)40)2-1-3-18(21)51(42,43)44/h1-11,33H,32H2,(H,42,43,44)(H,45,46,47)(H,48,49,50)(H,34,35,36,37). The molecule has 53 heavy (non-hydrogen) atoms. The van der Waals surface area contributed by atoms with Crippen LogP contribution >= 0.6 is 23.2 Å². The fourth-order valence-electron chi connectivity index (χ4n) is 5.14. The Bertz CT molecular complexity index is 2840. The largest absolute Gasteiger partial charge is 0.397 e. The molecule has 4 aromatic carbocycles. The smallest absolute Gasteiger partial charge is 0.296 e. The van der Waals surface area contributed by atoms with E-state index < -0.39 is 90.2 Å². The first kappa shape index (κ1) is 37.3. The molecule has 1 aromatic heterocycles. The van der Waals surface area contributed by atoms with E-state index in [1.165, 1.54) is 36.4 Å². The molecule has 1 heterocycles.